The Morgan fingerprint density at radius 2 is 2.03 bits per heavy atom. The Hall–Kier alpha value is -2.50. The van der Waals surface area contributed by atoms with Crippen LogP contribution in [0.3, 0.4) is 0 Å². The van der Waals surface area contributed by atoms with Crippen LogP contribution in [0.4, 0.5) is 0 Å². The van der Waals surface area contributed by atoms with Gasteiger partial charge in [0, 0.05) is 45.0 Å². The molecule has 2 N–H and O–H groups in total. The van der Waals surface area contributed by atoms with Gasteiger partial charge >= 0.3 is 0 Å². The first-order valence-electron chi connectivity index (χ1n) is 9.40. The van der Waals surface area contributed by atoms with E-state index in [2.05, 4.69) is 42.8 Å². The van der Waals surface area contributed by atoms with Crippen LogP contribution in [0.25, 0.3) is 5.82 Å². The second kappa shape index (κ2) is 10.9. The van der Waals surface area contributed by atoms with E-state index < -0.39 is 0 Å². The first kappa shape index (κ1) is 22.8. The molecule has 0 atom stereocenters. The molecule has 0 aliphatic rings. The summed E-state index contributed by atoms with van der Waals surface area (Å²) >= 11 is 0. The minimum atomic E-state index is 0. The number of nitrogens with one attached hydrogen (secondary N) is 2. The number of guanidine groups is 1. The largest absolute Gasteiger partial charge is 0.355 e. The van der Waals surface area contributed by atoms with E-state index in [-0.39, 0.29) is 24.0 Å². The van der Waals surface area contributed by atoms with Crippen LogP contribution in [0.2, 0.25) is 0 Å². The van der Waals surface area contributed by atoms with Crippen molar-refractivity contribution < 1.29 is 0 Å². The van der Waals surface area contributed by atoms with Gasteiger partial charge in [-0.25, -0.2) is 9.67 Å². The van der Waals surface area contributed by atoms with E-state index in [1.165, 1.54) is 0 Å². The fourth-order valence-corrected chi connectivity index (χ4v) is 2.95. The molecule has 3 aromatic rings. The monoisotopic (exact) mass is 509 g/mol. The van der Waals surface area contributed by atoms with Crippen molar-refractivity contribution in [3.05, 3.63) is 53.5 Å². The molecule has 0 spiro atoms. The zero-order valence-corrected chi connectivity index (χ0v) is 19.6. The topological polar surface area (TPSA) is 97.8 Å². The molecule has 0 fully saturated rings. The average molecular weight is 509 g/mol. The van der Waals surface area contributed by atoms with E-state index in [1.807, 2.05) is 47.5 Å². The molecule has 0 saturated heterocycles. The van der Waals surface area contributed by atoms with Crippen LogP contribution in [0.15, 0.2) is 35.7 Å². The van der Waals surface area contributed by atoms with Gasteiger partial charge in [0.2, 0.25) is 0 Å². The van der Waals surface area contributed by atoms with Crippen molar-refractivity contribution in [3.8, 4) is 5.82 Å². The SMILES string of the molecule is CCc1nncn1CCNC(=NC)NCc1ccc(-n2nc(C)cc2C)nc1.I. The molecule has 9 nitrogen and oxygen atoms in total. The number of aliphatic imine (C=N–C) groups is 1. The van der Waals surface area contributed by atoms with Gasteiger partial charge in [0.05, 0.1) is 5.69 Å². The van der Waals surface area contributed by atoms with E-state index in [4.69, 9.17) is 0 Å². The lowest BCUT2D eigenvalue weighted by Gasteiger charge is -2.13. The number of halogens is 1. The summed E-state index contributed by atoms with van der Waals surface area (Å²) < 4.78 is 3.89. The molecule has 0 aliphatic carbocycles. The van der Waals surface area contributed by atoms with Crippen LogP contribution in [-0.4, -0.2) is 49.1 Å². The fourth-order valence-electron chi connectivity index (χ4n) is 2.95. The summed E-state index contributed by atoms with van der Waals surface area (Å²) in [6.07, 6.45) is 4.48. The van der Waals surface area contributed by atoms with Gasteiger partial charge in [-0.05, 0) is 31.5 Å². The Balaban J connectivity index is 0.00000300. The zero-order chi connectivity index (χ0) is 19.9. The maximum atomic E-state index is 4.52. The maximum Gasteiger partial charge on any atom is 0.191 e. The highest BCUT2D eigenvalue weighted by Gasteiger charge is 2.06. The second-order valence-electron chi connectivity index (χ2n) is 6.51. The lowest BCUT2D eigenvalue weighted by atomic mass is 10.3. The number of aromatic nitrogens is 6. The third kappa shape index (κ3) is 5.99. The highest BCUT2D eigenvalue weighted by Crippen LogP contribution is 2.10. The quantitative estimate of drug-likeness (QED) is 0.288. The zero-order valence-electron chi connectivity index (χ0n) is 17.3. The van der Waals surface area contributed by atoms with Crippen LogP contribution >= 0.6 is 24.0 Å². The molecule has 156 valence electrons. The van der Waals surface area contributed by atoms with Crippen molar-refractivity contribution in [1.29, 1.82) is 0 Å². The summed E-state index contributed by atoms with van der Waals surface area (Å²) in [7, 11) is 1.76. The molecule has 0 aliphatic heterocycles. The smallest absolute Gasteiger partial charge is 0.191 e. The van der Waals surface area contributed by atoms with Gasteiger partial charge in [-0.3, -0.25) is 4.99 Å². The summed E-state index contributed by atoms with van der Waals surface area (Å²) in [6.45, 7) is 8.23. The summed E-state index contributed by atoms with van der Waals surface area (Å²) in [5, 5.41) is 19.1. The molecule has 3 rings (SSSR count). The van der Waals surface area contributed by atoms with E-state index in [0.717, 1.165) is 54.1 Å². The Labute approximate surface area is 188 Å². The summed E-state index contributed by atoms with van der Waals surface area (Å²) in [5.74, 6) is 2.55. The van der Waals surface area contributed by atoms with Crippen molar-refractivity contribution >= 4 is 29.9 Å². The average Bonchev–Trinajstić information content (AvgIpc) is 3.30. The van der Waals surface area contributed by atoms with Gasteiger partial charge in [-0.1, -0.05) is 13.0 Å². The van der Waals surface area contributed by atoms with Crippen molar-refractivity contribution in [3.63, 3.8) is 0 Å². The van der Waals surface area contributed by atoms with Crippen LogP contribution in [0.5, 0.6) is 0 Å². The van der Waals surface area contributed by atoms with Gasteiger partial charge in [-0.15, -0.1) is 34.2 Å². The lowest BCUT2D eigenvalue weighted by Crippen LogP contribution is -2.38. The second-order valence-corrected chi connectivity index (χ2v) is 6.51. The summed E-state index contributed by atoms with van der Waals surface area (Å²) in [5.41, 5.74) is 3.12. The number of hydrogen-bond acceptors (Lipinski definition) is 5. The van der Waals surface area contributed by atoms with E-state index in [9.17, 15) is 0 Å². The lowest BCUT2D eigenvalue weighted by molar-refractivity contribution is 0.632. The standard InChI is InChI=1S/C19H27N9.HI/c1-5-17-25-24-13-27(17)9-8-21-19(20-4)23-12-16-6-7-18(22-11-16)28-15(3)10-14(2)26-28;/h6-7,10-11,13H,5,8-9,12H2,1-4H3,(H2,20,21,23);1H. The third-order valence-corrected chi connectivity index (χ3v) is 4.38. The van der Waals surface area contributed by atoms with Gasteiger partial charge in [0.25, 0.3) is 0 Å². The molecule has 0 saturated carbocycles. The molecule has 29 heavy (non-hydrogen) atoms. The minimum Gasteiger partial charge on any atom is -0.355 e. The minimum absolute atomic E-state index is 0. The van der Waals surface area contributed by atoms with Crippen LogP contribution in [0, 0.1) is 13.8 Å². The van der Waals surface area contributed by atoms with Gasteiger partial charge in [-0.2, -0.15) is 5.10 Å². The van der Waals surface area contributed by atoms with Gasteiger partial charge < -0.3 is 15.2 Å². The van der Waals surface area contributed by atoms with Gasteiger partial charge in [0.1, 0.15) is 12.2 Å². The molecule has 0 aromatic carbocycles. The number of pyridine rings is 1. The van der Waals surface area contributed by atoms with E-state index in [0.29, 0.717) is 6.54 Å². The normalized spacial score (nSPS) is 11.2. The first-order chi connectivity index (χ1) is 13.6. The van der Waals surface area contributed by atoms with Crippen LogP contribution < -0.4 is 10.6 Å². The van der Waals surface area contributed by atoms with Crippen molar-refractivity contribution in [1.82, 2.24) is 40.2 Å². The molecule has 0 unspecified atom stereocenters. The number of nitrogens with zero attached hydrogens (tertiary/aromatic N) is 7. The number of aryl methyl sites for hydroxylation is 3. The summed E-state index contributed by atoms with van der Waals surface area (Å²) in [6, 6.07) is 6.06. The van der Waals surface area contributed by atoms with E-state index in [1.54, 1.807) is 13.4 Å². The van der Waals surface area contributed by atoms with Crippen LogP contribution in [-0.2, 0) is 19.5 Å². The Bertz CT molecular complexity index is 928. The molecule has 0 amide bonds. The van der Waals surface area contributed by atoms with E-state index >= 15 is 0 Å². The highest BCUT2D eigenvalue weighted by molar-refractivity contribution is 14.0. The molecule has 3 heterocycles. The Morgan fingerprint density at radius 3 is 2.66 bits per heavy atom. The number of rotatable bonds is 7. The first-order valence-corrected chi connectivity index (χ1v) is 9.40. The van der Waals surface area contributed by atoms with Crippen molar-refractivity contribution in [2.24, 2.45) is 4.99 Å². The molecule has 3 aromatic heterocycles. The molecular formula is C19H28IN9. The number of hydrogen-bond donors (Lipinski definition) is 2. The third-order valence-electron chi connectivity index (χ3n) is 4.38. The Kier molecular flexibility index (Phi) is 8.55. The highest BCUT2D eigenvalue weighted by atomic mass is 127. The molecule has 10 heteroatoms. The maximum absolute atomic E-state index is 4.52. The predicted molar refractivity (Wildman–Crippen MR) is 124 cm³/mol. The molecule has 0 bridgehead atoms. The molecule has 0 radical (unpaired) electrons. The van der Waals surface area contributed by atoms with Crippen LogP contribution in [0.1, 0.15) is 29.7 Å². The summed E-state index contributed by atoms with van der Waals surface area (Å²) in [4.78, 5) is 8.79. The van der Waals surface area contributed by atoms with Crippen molar-refractivity contribution in [2.45, 2.75) is 40.3 Å². The molecular weight excluding hydrogens is 481 g/mol. The predicted octanol–water partition coefficient (Wildman–Crippen LogP) is 2.02. The Morgan fingerprint density at radius 1 is 1.21 bits per heavy atom. The van der Waals surface area contributed by atoms with Gasteiger partial charge in [0.15, 0.2) is 11.8 Å². The fraction of sp³-hybridized carbons (Fsp3) is 0.421. The van der Waals surface area contributed by atoms with Crippen molar-refractivity contribution in [2.75, 3.05) is 13.6 Å².